The van der Waals surface area contributed by atoms with Gasteiger partial charge in [0.1, 0.15) is 11.2 Å². The van der Waals surface area contributed by atoms with Crippen LogP contribution in [0.3, 0.4) is 0 Å². The van der Waals surface area contributed by atoms with Crippen molar-refractivity contribution in [2.24, 2.45) is 0 Å². The largest absolute Gasteiger partial charge is 0.456 e. The molecule has 5 nitrogen and oxygen atoms in total. The van der Waals surface area contributed by atoms with E-state index in [1.165, 1.54) is 60.8 Å². The second-order valence-electron chi connectivity index (χ2n) is 16.6. The Labute approximate surface area is 362 Å². The first kappa shape index (κ1) is 34.3. The molecule has 0 saturated carbocycles. The first-order chi connectivity index (χ1) is 31.2. The quantitative estimate of drug-likeness (QED) is 0.178. The number of rotatable bonds is 4. The smallest absolute Gasteiger partial charge is 0.164 e. The molecule has 14 rings (SSSR count). The van der Waals surface area contributed by atoms with Crippen LogP contribution < -0.4 is 0 Å². The van der Waals surface area contributed by atoms with Crippen molar-refractivity contribution in [2.45, 2.75) is 5.41 Å². The molecule has 0 amide bonds. The molecular weight excluding hydrogens is 769 g/mol. The summed E-state index contributed by atoms with van der Waals surface area (Å²) in [6.45, 7) is 0. The Hall–Kier alpha value is -8.41. The summed E-state index contributed by atoms with van der Waals surface area (Å²) in [5, 5.41) is 4.66. The van der Waals surface area contributed by atoms with Crippen molar-refractivity contribution in [3.63, 3.8) is 0 Å². The molecule has 0 fully saturated rings. The van der Waals surface area contributed by atoms with Crippen LogP contribution in [0.2, 0.25) is 0 Å². The standard InChI is InChI=1S/C58H34N4O/c1-2-14-35(15-3-1)55-59-56(61-57(60-55)37-28-31-42-41-18-8-13-25-51(41)63-52(42)34-37)36-26-29-38(30-27-36)62-49-24-12-7-20-44(49)54-50(62)33-32-48-53(54)43-19-6-11-23-47(43)58(48)45-21-9-4-16-39(45)40-17-5-10-22-46(40)58/h1-34H. The summed E-state index contributed by atoms with van der Waals surface area (Å²) >= 11 is 0. The Kier molecular flexibility index (Phi) is 6.97. The van der Waals surface area contributed by atoms with Crippen molar-refractivity contribution in [3.05, 3.63) is 229 Å². The van der Waals surface area contributed by atoms with Gasteiger partial charge in [0.05, 0.1) is 16.4 Å². The highest BCUT2D eigenvalue weighted by Gasteiger charge is 2.52. The molecule has 9 aromatic carbocycles. The lowest BCUT2D eigenvalue weighted by Crippen LogP contribution is -2.25. The average Bonchev–Trinajstić information content (AvgIpc) is 4.08. The summed E-state index contributed by atoms with van der Waals surface area (Å²) in [6, 6.07) is 73.8. The van der Waals surface area contributed by atoms with Crippen LogP contribution in [0.25, 0.3) is 106 Å². The molecule has 2 aliphatic rings. The summed E-state index contributed by atoms with van der Waals surface area (Å²) in [6.07, 6.45) is 0. The summed E-state index contributed by atoms with van der Waals surface area (Å²) < 4.78 is 8.69. The van der Waals surface area contributed by atoms with Crippen molar-refractivity contribution in [1.82, 2.24) is 19.5 Å². The van der Waals surface area contributed by atoms with Crippen molar-refractivity contribution in [1.29, 1.82) is 0 Å². The number of para-hydroxylation sites is 2. The molecule has 0 atom stereocenters. The van der Waals surface area contributed by atoms with Crippen LogP contribution in [-0.2, 0) is 5.41 Å². The maximum atomic E-state index is 6.27. The Morgan fingerprint density at radius 3 is 1.63 bits per heavy atom. The molecule has 3 aromatic heterocycles. The van der Waals surface area contributed by atoms with Gasteiger partial charge in [0.2, 0.25) is 0 Å². The molecule has 0 N–H and O–H groups in total. The highest BCUT2D eigenvalue weighted by molar-refractivity contribution is 6.19. The predicted octanol–water partition coefficient (Wildman–Crippen LogP) is 14.2. The number of benzene rings is 9. The van der Waals surface area contributed by atoms with E-state index in [9.17, 15) is 0 Å². The van der Waals surface area contributed by atoms with Gasteiger partial charge in [0.25, 0.3) is 0 Å². The van der Waals surface area contributed by atoms with Gasteiger partial charge in [-0.25, -0.2) is 15.0 Å². The lowest BCUT2D eigenvalue weighted by Gasteiger charge is -2.30. The van der Waals surface area contributed by atoms with Gasteiger partial charge in [0, 0.05) is 43.9 Å². The van der Waals surface area contributed by atoms with E-state index in [4.69, 9.17) is 19.4 Å². The monoisotopic (exact) mass is 802 g/mol. The maximum absolute atomic E-state index is 6.27. The number of hydrogen-bond acceptors (Lipinski definition) is 4. The molecule has 292 valence electrons. The molecule has 3 heterocycles. The zero-order valence-electron chi connectivity index (χ0n) is 33.8. The normalized spacial score (nSPS) is 13.2. The molecule has 1 spiro atoms. The van der Waals surface area contributed by atoms with E-state index in [1.54, 1.807) is 0 Å². The third-order valence-corrected chi connectivity index (χ3v) is 13.5. The highest BCUT2D eigenvalue weighted by atomic mass is 16.3. The van der Waals surface area contributed by atoms with Crippen molar-refractivity contribution in [3.8, 4) is 62.1 Å². The van der Waals surface area contributed by atoms with Gasteiger partial charge in [-0.2, -0.15) is 0 Å². The van der Waals surface area contributed by atoms with Crippen LogP contribution >= 0.6 is 0 Å². The van der Waals surface area contributed by atoms with E-state index in [-0.39, 0.29) is 0 Å². The van der Waals surface area contributed by atoms with Crippen LogP contribution in [0.5, 0.6) is 0 Å². The maximum Gasteiger partial charge on any atom is 0.164 e. The van der Waals surface area contributed by atoms with Crippen LogP contribution in [-0.4, -0.2) is 19.5 Å². The van der Waals surface area contributed by atoms with Gasteiger partial charge >= 0.3 is 0 Å². The van der Waals surface area contributed by atoms with Gasteiger partial charge in [-0.05, 0) is 99.1 Å². The minimum absolute atomic E-state index is 0.405. The summed E-state index contributed by atoms with van der Waals surface area (Å²) in [4.78, 5) is 15.2. The van der Waals surface area contributed by atoms with Gasteiger partial charge in [-0.3, -0.25) is 0 Å². The zero-order chi connectivity index (χ0) is 41.2. The molecule has 63 heavy (non-hydrogen) atoms. The zero-order valence-corrected chi connectivity index (χ0v) is 33.8. The molecular formula is C58H34N4O. The van der Waals surface area contributed by atoms with E-state index >= 15 is 0 Å². The van der Waals surface area contributed by atoms with E-state index in [2.05, 4.69) is 156 Å². The van der Waals surface area contributed by atoms with Gasteiger partial charge in [-0.15, -0.1) is 0 Å². The number of aromatic nitrogens is 4. The number of fused-ring (bicyclic) bond motifs is 17. The van der Waals surface area contributed by atoms with Gasteiger partial charge in [-0.1, -0.05) is 152 Å². The number of nitrogens with zero attached hydrogens (tertiary/aromatic N) is 4. The number of furan rings is 1. The molecule has 0 bridgehead atoms. The summed E-state index contributed by atoms with van der Waals surface area (Å²) in [7, 11) is 0. The van der Waals surface area contributed by atoms with E-state index in [0.717, 1.165) is 49.8 Å². The molecule has 5 heteroatoms. The summed E-state index contributed by atoms with van der Waals surface area (Å²) in [5.74, 6) is 1.81. The van der Waals surface area contributed by atoms with Crippen LogP contribution in [0.4, 0.5) is 0 Å². The van der Waals surface area contributed by atoms with Crippen molar-refractivity contribution in [2.75, 3.05) is 0 Å². The van der Waals surface area contributed by atoms with Crippen molar-refractivity contribution >= 4 is 43.7 Å². The summed E-state index contributed by atoms with van der Waals surface area (Å²) in [5.41, 5.74) is 18.0. The Morgan fingerprint density at radius 2 is 0.905 bits per heavy atom. The highest BCUT2D eigenvalue weighted by Crippen LogP contribution is 2.64. The molecule has 0 aliphatic heterocycles. The van der Waals surface area contributed by atoms with Gasteiger partial charge < -0.3 is 8.98 Å². The molecule has 0 saturated heterocycles. The SMILES string of the molecule is c1ccc(-c2nc(-c3ccc(-n4c5ccccc5c5c6c(ccc54)C4(c5ccccc5-c5ccccc54)c4ccccc4-6)cc3)nc(-c3ccc4c(c3)oc3ccccc34)n2)cc1. The first-order valence-corrected chi connectivity index (χ1v) is 21.4. The van der Waals surface area contributed by atoms with E-state index < -0.39 is 5.41 Å². The van der Waals surface area contributed by atoms with E-state index in [0.29, 0.717) is 17.5 Å². The Balaban J connectivity index is 0.940. The lowest BCUT2D eigenvalue weighted by atomic mass is 9.70. The third kappa shape index (κ3) is 4.68. The molecule has 12 aromatic rings. The number of hydrogen-bond donors (Lipinski definition) is 0. The fourth-order valence-electron chi connectivity index (χ4n) is 10.9. The van der Waals surface area contributed by atoms with Crippen molar-refractivity contribution < 1.29 is 4.42 Å². The average molecular weight is 803 g/mol. The van der Waals surface area contributed by atoms with Crippen LogP contribution in [0, 0.1) is 0 Å². The van der Waals surface area contributed by atoms with Crippen LogP contribution in [0.1, 0.15) is 22.3 Å². The van der Waals surface area contributed by atoms with Crippen LogP contribution in [0.15, 0.2) is 211 Å². The Bertz CT molecular complexity index is 3810. The predicted molar refractivity (Wildman–Crippen MR) is 254 cm³/mol. The molecule has 0 unspecified atom stereocenters. The molecule has 2 aliphatic carbocycles. The minimum atomic E-state index is -0.405. The fourth-order valence-corrected chi connectivity index (χ4v) is 10.9. The first-order valence-electron chi connectivity index (χ1n) is 21.4. The van der Waals surface area contributed by atoms with Gasteiger partial charge in [0.15, 0.2) is 17.5 Å². The lowest BCUT2D eigenvalue weighted by molar-refractivity contribution is 0.669. The fraction of sp³-hybridized carbons (Fsp3) is 0.0172. The van der Waals surface area contributed by atoms with E-state index in [1.807, 2.05) is 54.6 Å². The second-order valence-corrected chi connectivity index (χ2v) is 16.6. The molecule has 0 radical (unpaired) electrons. The second kappa shape index (κ2) is 12.8. The third-order valence-electron chi connectivity index (χ3n) is 13.5. The topological polar surface area (TPSA) is 56.7 Å². The minimum Gasteiger partial charge on any atom is -0.456 e. The Morgan fingerprint density at radius 1 is 0.365 bits per heavy atom.